The summed E-state index contributed by atoms with van der Waals surface area (Å²) in [5, 5.41) is 2.77. The van der Waals surface area contributed by atoms with Crippen LogP contribution in [0.2, 0.25) is 0 Å². The van der Waals surface area contributed by atoms with Gasteiger partial charge in [-0.25, -0.2) is 4.68 Å². The van der Waals surface area contributed by atoms with Crippen molar-refractivity contribution in [3.05, 3.63) is 76.7 Å². The number of amides is 1. The molecule has 0 bridgehead atoms. The van der Waals surface area contributed by atoms with Crippen molar-refractivity contribution in [3.8, 4) is 11.1 Å². The summed E-state index contributed by atoms with van der Waals surface area (Å²) < 4.78 is 3.76. The number of nitrogens with one attached hydrogen (secondary N) is 1. The average molecular weight is 349 g/mol. The third-order valence-corrected chi connectivity index (χ3v) is 4.17. The van der Waals surface area contributed by atoms with Crippen molar-refractivity contribution >= 4 is 11.6 Å². The highest BCUT2D eigenvalue weighted by atomic mass is 16.1. The summed E-state index contributed by atoms with van der Waals surface area (Å²) in [7, 11) is 0. The molecule has 0 fully saturated rings. The zero-order valence-electron chi connectivity index (χ0n) is 15.1. The van der Waals surface area contributed by atoms with E-state index < -0.39 is 0 Å². The summed E-state index contributed by atoms with van der Waals surface area (Å²) in [6.45, 7) is 4.87. The molecule has 2 aromatic carbocycles. The van der Waals surface area contributed by atoms with Gasteiger partial charge < -0.3 is 5.32 Å². The maximum atomic E-state index is 13.1. The van der Waals surface area contributed by atoms with Crippen LogP contribution in [-0.2, 0) is 17.9 Å². The fourth-order valence-electron chi connectivity index (χ4n) is 3.03. The fraction of sp³-hybridized carbons (Fsp3) is 0.238. The van der Waals surface area contributed by atoms with Gasteiger partial charge in [0.15, 0.2) is 0 Å². The number of rotatable bonds is 6. The highest BCUT2D eigenvalue weighted by molar-refractivity contribution is 5.89. The summed E-state index contributed by atoms with van der Waals surface area (Å²) in [6, 6.07) is 17.4. The highest BCUT2D eigenvalue weighted by Crippen LogP contribution is 2.21. The number of aryl methyl sites for hydroxylation is 1. The van der Waals surface area contributed by atoms with E-state index in [1.807, 2.05) is 65.5 Å². The molecule has 5 heteroatoms. The van der Waals surface area contributed by atoms with Crippen LogP contribution in [0.15, 0.2) is 65.6 Å². The summed E-state index contributed by atoms with van der Waals surface area (Å²) in [6.07, 6.45) is 2.84. The lowest BCUT2D eigenvalue weighted by Crippen LogP contribution is -2.24. The Bertz CT molecular complexity index is 955. The number of carbonyl (C=O) groups excluding carboxylic acids is 1. The van der Waals surface area contributed by atoms with Gasteiger partial charge in [-0.3, -0.25) is 14.3 Å². The molecule has 0 aliphatic carbocycles. The van der Waals surface area contributed by atoms with Crippen LogP contribution < -0.4 is 10.9 Å². The van der Waals surface area contributed by atoms with Gasteiger partial charge in [0.05, 0.1) is 12.1 Å². The Morgan fingerprint density at radius 3 is 2.54 bits per heavy atom. The van der Waals surface area contributed by atoms with Gasteiger partial charge in [-0.15, -0.1) is 0 Å². The zero-order chi connectivity index (χ0) is 18.5. The molecule has 134 valence electrons. The number of benzene rings is 2. The molecular weight excluding hydrogens is 326 g/mol. The summed E-state index contributed by atoms with van der Waals surface area (Å²) in [5.41, 5.74) is 3.19. The van der Waals surface area contributed by atoms with Crippen LogP contribution in [0, 0.1) is 0 Å². The molecule has 0 atom stereocenters. The van der Waals surface area contributed by atoms with E-state index in [4.69, 9.17) is 0 Å². The molecule has 0 aliphatic heterocycles. The van der Waals surface area contributed by atoms with E-state index in [0.29, 0.717) is 17.8 Å². The molecule has 1 N–H and O–H groups in total. The largest absolute Gasteiger partial charge is 0.326 e. The number of nitrogens with zero attached hydrogens (tertiary/aromatic N) is 2. The van der Waals surface area contributed by atoms with Crippen LogP contribution in [0.4, 0.5) is 5.69 Å². The van der Waals surface area contributed by atoms with Crippen molar-refractivity contribution in [3.63, 3.8) is 0 Å². The Morgan fingerprint density at radius 1 is 1.08 bits per heavy atom. The lowest BCUT2D eigenvalue weighted by molar-refractivity contribution is -0.114. The minimum absolute atomic E-state index is 0.0257. The Morgan fingerprint density at radius 2 is 1.85 bits per heavy atom. The van der Waals surface area contributed by atoms with Crippen LogP contribution in [0.25, 0.3) is 11.1 Å². The Hall–Kier alpha value is -3.08. The third kappa shape index (κ3) is 3.94. The third-order valence-electron chi connectivity index (χ3n) is 4.17. The first kappa shape index (κ1) is 17.7. The molecule has 1 heterocycles. The van der Waals surface area contributed by atoms with Crippen molar-refractivity contribution in [1.82, 2.24) is 9.36 Å². The molecule has 1 aromatic heterocycles. The van der Waals surface area contributed by atoms with Gasteiger partial charge in [0.25, 0.3) is 5.56 Å². The molecule has 0 saturated heterocycles. The van der Waals surface area contributed by atoms with Crippen molar-refractivity contribution in [2.24, 2.45) is 0 Å². The van der Waals surface area contributed by atoms with Crippen LogP contribution in [0.3, 0.4) is 0 Å². The van der Waals surface area contributed by atoms with Gasteiger partial charge in [-0.05, 0) is 29.7 Å². The quantitative estimate of drug-likeness (QED) is 0.737. The minimum Gasteiger partial charge on any atom is -0.326 e. The summed E-state index contributed by atoms with van der Waals surface area (Å²) in [5.74, 6) is -0.132. The van der Waals surface area contributed by atoms with Gasteiger partial charge in [0, 0.05) is 25.4 Å². The fourth-order valence-corrected chi connectivity index (χ4v) is 3.03. The monoisotopic (exact) mass is 349 g/mol. The first-order chi connectivity index (χ1) is 12.6. The van der Waals surface area contributed by atoms with E-state index in [2.05, 4.69) is 12.2 Å². The Balaban J connectivity index is 2.02. The predicted molar refractivity (Wildman–Crippen MR) is 104 cm³/mol. The maximum Gasteiger partial charge on any atom is 0.274 e. The van der Waals surface area contributed by atoms with Gasteiger partial charge in [-0.2, -0.15) is 0 Å². The Labute approximate surface area is 152 Å². The first-order valence-corrected chi connectivity index (χ1v) is 8.80. The average Bonchev–Trinajstić information content (AvgIpc) is 2.92. The van der Waals surface area contributed by atoms with Crippen molar-refractivity contribution in [2.45, 2.75) is 33.4 Å². The number of hydrogen-bond acceptors (Lipinski definition) is 2. The lowest BCUT2D eigenvalue weighted by Gasteiger charge is -2.10. The molecule has 0 aliphatic rings. The van der Waals surface area contributed by atoms with Gasteiger partial charge in [0.1, 0.15) is 0 Å². The van der Waals surface area contributed by atoms with Crippen LogP contribution in [-0.4, -0.2) is 15.3 Å². The second kappa shape index (κ2) is 7.87. The van der Waals surface area contributed by atoms with E-state index in [1.54, 1.807) is 4.68 Å². The van der Waals surface area contributed by atoms with Crippen molar-refractivity contribution in [2.75, 3.05) is 5.32 Å². The molecule has 26 heavy (non-hydrogen) atoms. The number of hydrogen-bond donors (Lipinski definition) is 1. The summed E-state index contributed by atoms with van der Waals surface area (Å²) >= 11 is 0. The molecule has 5 nitrogen and oxygen atoms in total. The second-order valence-electron chi connectivity index (χ2n) is 6.32. The molecule has 0 spiro atoms. The topological polar surface area (TPSA) is 56.0 Å². The van der Waals surface area contributed by atoms with E-state index >= 15 is 0 Å². The minimum atomic E-state index is -0.132. The molecule has 0 unspecified atom stereocenters. The standard InChI is InChI=1S/C21H23N3O2/c1-3-12-23-15-20(18-10-7-11-19(13-18)22-16(2)25)21(26)24(23)14-17-8-5-4-6-9-17/h4-11,13,15H,3,12,14H2,1-2H3,(H,22,25). The van der Waals surface area contributed by atoms with Gasteiger partial charge >= 0.3 is 0 Å². The normalized spacial score (nSPS) is 10.7. The van der Waals surface area contributed by atoms with E-state index in [-0.39, 0.29) is 11.5 Å². The molecular formula is C21H23N3O2. The number of anilines is 1. The highest BCUT2D eigenvalue weighted by Gasteiger charge is 2.13. The molecule has 3 aromatic rings. The molecule has 1 amide bonds. The SMILES string of the molecule is CCCn1cc(-c2cccc(NC(C)=O)c2)c(=O)n1Cc1ccccc1. The van der Waals surface area contributed by atoms with E-state index in [0.717, 1.165) is 24.1 Å². The van der Waals surface area contributed by atoms with Gasteiger partial charge in [-0.1, -0.05) is 49.4 Å². The Kier molecular flexibility index (Phi) is 5.37. The van der Waals surface area contributed by atoms with Crippen LogP contribution >= 0.6 is 0 Å². The smallest absolute Gasteiger partial charge is 0.274 e. The van der Waals surface area contributed by atoms with Crippen LogP contribution in [0.5, 0.6) is 0 Å². The lowest BCUT2D eigenvalue weighted by atomic mass is 10.1. The molecule has 3 rings (SSSR count). The predicted octanol–water partition coefficient (Wildman–Crippen LogP) is 3.73. The zero-order valence-corrected chi connectivity index (χ0v) is 15.1. The molecule has 0 radical (unpaired) electrons. The van der Waals surface area contributed by atoms with Gasteiger partial charge in [0.2, 0.25) is 5.91 Å². The molecule has 0 saturated carbocycles. The second-order valence-corrected chi connectivity index (χ2v) is 6.32. The summed E-state index contributed by atoms with van der Waals surface area (Å²) in [4.78, 5) is 24.4. The maximum absolute atomic E-state index is 13.1. The number of aromatic nitrogens is 2. The van der Waals surface area contributed by atoms with Crippen LogP contribution in [0.1, 0.15) is 25.8 Å². The van der Waals surface area contributed by atoms with E-state index in [9.17, 15) is 9.59 Å². The van der Waals surface area contributed by atoms with Crippen molar-refractivity contribution < 1.29 is 4.79 Å². The van der Waals surface area contributed by atoms with E-state index in [1.165, 1.54) is 6.92 Å². The van der Waals surface area contributed by atoms with Crippen molar-refractivity contribution in [1.29, 1.82) is 0 Å². The number of carbonyl (C=O) groups is 1. The first-order valence-electron chi connectivity index (χ1n) is 8.80.